The van der Waals surface area contributed by atoms with Crippen LogP contribution in [0.2, 0.25) is 0 Å². The molecule has 1 aliphatic heterocycles. The minimum atomic E-state index is -0.246. The molecule has 3 rings (SSSR count). The zero-order valence-electron chi connectivity index (χ0n) is 15.3. The minimum absolute atomic E-state index is 0.246. The number of rotatable bonds is 5. The lowest BCUT2D eigenvalue weighted by atomic mass is 9.97. The molecule has 1 saturated heterocycles. The van der Waals surface area contributed by atoms with Gasteiger partial charge >= 0.3 is 0 Å². The Kier molecular flexibility index (Phi) is 5.24. The van der Waals surface area contributed by atoms with Crippen molar-refractivity contribution in [2.75, 3.05) is 37.6 Å². The lowest BCUT2D eigenvalue weighted by molar-refractivity contribution is -0.892. The number of H-pyrrole nitrogens is 1. The van der Waals surface area contributed by atoms with Gasteiger partial charge in [-0.3, -0.25) is 4.79 Å². The second-order valence-electron chi connectivity index (χ2n) is 7.73. The van der Waals surface area contributed by atoms with E-state index in [0.29, 0.717) is 12.5 Å². The number of carbonyl (C=O) groups excluding carboxylic acids is 1. The first-order chi connectivity index (χ1) is 12.0. The Morgan fingerprint density at radius 1 is 1.32 bits per heavy atom. The van der Waals surface area contributed by atoms with Gasteiger partial charge in [-0.05, 0) is 36.3 Å². The van der Waals surface area contributed by atoms with Crippen molar-refractivity contribution in [3.63, 3.8) is 0 Å². The van der Waals surface area contributed by atoms with Crippen LogP contribution in [0.25, 0.3) is 0 Å². The first kappa shape index (κ1) is 17.7. The van der Waals surface area contributed by atoms with Crippen LogP contribution in [0.4, 0.5) is 5.82 Å². The van der Waals surface area contributed by atoms with Gasteiger partial charge in [0.25, 0.3) is 11.7 Å². The van der Waals surface area contributed by atoms with Crippen molar-refractivity contribution in [3.05, 3.63) is 22.4 Å². The summed E-state index contributed by atoms with van der Waals surface area (Å²) >= 11 is 0. The van der Waals surface area contributed by atoms with E-state index in [1.165, 1.54) is 21.7 Å². The Bertz CT molecular complexity index is 699. The fourth-order valence-corrected chi connectivity index (χ4v) is 4.19. The Morgan fingerprint density at radius 2 is 2.00 bits per heavy atom. The van der Waals surface area contributed by atoms with Gasteiger partial charge in [0.15, 0.2) is 6.54 Å². The number of hydrogen-bond acceptors (Lipinski definition) is 3. The number of amides is 1. The van der Waals surface area contributed by atoms with Crippen molar-refractivity contribution in [2.45, 2.75) is 39.5 Å². The number of fused-ring (bicyclic) bond motifs is 1. The van der Waals surface area contributed by atoms with Crippen molar-refractivity contribution in [1.82, 2.24) is 0 Å². The van der Waals surface area contributed by atoms with Gasteiger partial charge in [-0.25, -0.2) is 9.88 Å². The minimum Gasteiger partial charge on any atom is -0.365 e. The molecule has 0 bridgehead atoms. The molecule has 0 spiro atoms. The number of aromatic amines is 1. The van der Waals surface area contributed by atoms with Crippen LogP contribution in [0, 0.1) is 17.2 Å². The van der Waals surface area contributed by atoms with E-state index in [4.69, 9.17) is 5.73 Å². The Morgan fingerprint density at radius 3 is 2.60 bits per heavy atom. The molecule has 0 unspecified atom stereocenters. The normalized spacial score (nSPS) is 17.6. The molecule has 1 aromatic heterocycles. The number of pyridine rings is 1. The lowest BCUT2D eigenvalue weighted by Crippen LogP contribution is -3.15. The fourth-order valence-electron chi connectivity index (χ4n) is 4.19. The summed E-state index contributed by atoms with van der Waals surface area (Å²) in [7, 11) is 0. The molecular formula is C19H29N5O+2. The quantitative estimate of drug-likeness (QED) is 0.737. The highest BCUT2D eigenvalue weighted by Gasteiger charge is 2.33. The number of nitrogens with zero attached hydrogens (tertiary/aromatic N) is 2. The number of nitrogens with two attached hydrogens (primary N) is 1. The third-order valence-electron chi connectivity index (χ3n) is 5.33. The monoisotopic (exact) mass is 343 g/mol. The highest BCUT2D eigenvalue weighted by molar-refractivity contribution is 5.74. The first-order valence-electron chi connectivity index (χ1n) is 9.36. The van der Waals surface area contributed by atoms with Gasteiger partial charge in [0, 0.05) is 6.42 Å². The van der Waals surface area contributed by atoms with Crippen molar-refractivity contribution in [1.29, 1.82) is 5.26 Å². The molecule has 0 radical (unpaired) electrons. The van der Waals surface area contributed by atoms with Gasteiger partial charge in [0.1, 0.15) is 43.5 Å². The van der Waals surface area contributed by atoms with Gasteiger partial charge < -0.3 is 10.6 Å². The Balaban J connectivity index is 1.88. The summed E-state index contributed by atoms with van der Waals surface area (Å²) in [6.45, 7) is 8.29. The number of nitriles is 1. The molecule has 0 saturated carbocycles. The van der Waals surface area contributed by atoms with Crippen molar-refractivity contribution in [3.8, 4) is 6.07 Å². The number of nitrogens with one attached hydrogen (secondary N) is 2. The molecule has 0 aromatic carbocycles. The summed E-state index contributed by atoms with van der Waals surface area (Å²) in [6.07, 6.45) is 4.26. The molecule has 1 fully saturated rings. The Labute approximate surface area is 149 Å². The SMILES string of the molecule is CC(C)Cc1[nH+]c(N2CC[NH+](CC(N)=O)CC2)c(C#N)c2c1CCC2. The molecule has 6 heteroatoms. The molecule has 25 heavy (non-hydrogen) atoms. The maximum Gasteiger partial charge on any atom is 0.293 e. The average molecular weight is 343 g/mol. The van der Waals surface area contributed by atoms with E-state index in [0.717, 1.165) is 63.2 Å². The fraction of sp³-hybridized carbons (Fsp3) is 0.632. The number of carbonyl (C=O) groups is 1. The number of hydrogen-bond donors (Lipinski definition) is 2. The summed E-state index contributed by atoms with van der Waals surface area (Å²) in [4.78, 5) is 18.3. The number of anilines is 1. The van der Waals surface area contributed by atoms with Crippen molar-refractivity contribution >= 4 is 11.7 Å². The largest absolute Gasteiger partial charge is 0.365 e. The van der Waals surface area contributed by atoms with Crippen LogP contribution in [0.5, 0.6) is 0 Å². The summed E-state index contributed by atoms with van der Waals surface area (Å²) in [5.41, 5.74) is 10.1. The van der Waals surface area contributed by atoms with E-state index in [1.54, 1.807) is 0 Å². The molecule has 4 N–H and O–H groups in total. The van der Waals surface area contributed by atoms with E-state index in [2.05, 4.69) is 29.8 Å². The Hall–Kier alpha value is -2.13. The number of primary amides is 1. The molecule has 1 aliphatic carbocycles. The van der Waals surface area contributed by atoms with Crippen LogP contribution in [0.15, 0.2) is 0 Å². The van der Waals surface area contributed by atoms with Gasteiger partial charge in [0.2, 0.25) is 0 Å². The standard InChI is InChI=1S/C19H27N5O/c1-13(2)10-17-15-5-3-4-14(15)16(11-20)19(22-17)24-8-6-23(7-9-24)12-18(21)25/h13H,3-10,12H2,1-2H3,(H2,21,25)/p+2. The van der Waals surface area contributed by atoms with E-state index < -0.39 is 0 Å². The van der Waals surface area contributed by atoms with Crippen molar-refractivity contribution < 1.29 is 14.7 Å². The van der Waals surface area contributed by atoms with E-state index in [9.17, 15) is 10.1 Å². The summed E-state index contributed by atoms with van der Waals surface area (Å²) in [5.74, 6) is 1.32. The highest BCUT2D eigenvalue weighted by Crippen LogP contribution is 2.31. The van der Waals surface area contributed by atoms with E-state index in [-0.39, 0.29) is 5.91 Å². The van der Waals surface area contributed by atoms with Gasteiger partial charge in [-0.15, -0.1) is 0 Å². The van der Waals surface area contributed by atoms with Gasteiger partial charge in [0.05, 0.1) is 0 Å². The van der Waals surface area contributed by atoms with Crippen LogP contribution in [-0.4, -0.2) is 38.6 Å². The predicted octanol–water partition coefficient (Wildman–Crippen LogP) is -0.750. The number of piperazine rings is 1. The lowest BCUT2D eigenvalue weighted by Gasteiger charge is -2.28. The second-order valence-corrected chi connectivity index (χ2v) is 7.73. The van der Waals surface area contributed by atoms with Gasteiger partial charge in [-0.2, -0.15) is 5.26 Å². The van der Waals surface area contributed by atoms with Crippen LogP contribution in [-0.2, 0) is 24.1 Å². The van der Waals surface area contributed by atoms with E-state index in [1.807, 2.05) is 0 Å². The highest BCUT2D eigenvalue weighted by atomic mass is 16.1. The van der Waals surface area contributed by atoms with Gasteiger partial charge in [-0.1, -0.05) is 13.8 Å². The predicted molar refractivity (Wildman–Crippen MR) is 95.3 cm³/mol. The topological polar surface area (TPSA) is 88.7 Å². The maximum atomic E-state index is 11.1. The molecule has 134 valence electrons. The number of quaternary nitrogens is 1. The average Bonchev–Trinajstić information content (AvgIpc) is 3.04. The summed E-state index contributed by atoms with van der Waals surface area (Å²) in [5, 5.41) is 9.79. The van der Waals surface area contributed by atoms with Crippen LogP contribution in [0.1, 0.15) is 42.7 Å². The summed E-state index contributed by atoms with van der Waals surface area (Å²) < 4.78 is 0. The smallest absolute Gasteiger partial charge is 0.293 e. The maximum absolute atomic E-state index is 11.1. The summed E-state index contributed by atoms with van der Waals surface area (Å²) in [6, 6.07) is 2.46. The van der Waals surface area contributed by atoms with Crippen LogP contribution >= 0.6 is 0 Å². The molecule has 0 atom stereocenters. The second kappa shape index (κ2) is 7.40. The zero-order valence-corrected chi connectivity index (χ0v) is 15.3. The van der Waals surface area contributed by atoms with Crippen molar-refractivity contribution in [2.24, 2.45) is 11.7 Å². The number of aromatic nitrogens is 1. The van der Waals surface area contributed by atoms with E-state index >= 15 is 0 Å². The molecule has 1 aromatic rings. The molecule has 6 nitrogen and oxygen atoms in total. The third-order valence-corrected chi connectivity index (χ3v) is 5.33. The van der Waals surface area contributed by atoms with Crippen LogP contribution in [0.3, 0.4) is 0 Å². The van der Waals surface area contributed by atoms with Crippen LogP contribution < -0.4 is 20.5 Å². The first-order valence-corrected chi connectivity index (χ1v) is 9.36. The molecule has 2 heterocycles. The molecule has 1 amide bonds. The third kappa shape index (κ3) is 3.77. The molecule has 2 aliphatic rings. The molecular weight excluding hydrogens is 314 g/mol. The zero-order chi connectivity index (χ0) is 18.0.